The van der Waals surface area contributed by atoms with Crippen LogP contribution in [-0.4, -0.2) is 24.1 Å². The first-order valence-corrected chi connectivity index (χ1v) is 5.15. The largest absolute Gasteiger partial charge is 0.327 e. The predicted octanol–water partition coefficient (Wildman–Crippen LogP) is 0.972. The second-order valence-corrected chi connectivity index (χ2v) is 3.49. The Balaban J connectivity index is 3.07. The van der Waals surface area contributed by atoms with Gasteiger partial charge in [0.15, 0.2) is 0 Å². The van der Waals surface area contributed by atoms with E-state index in [1.165, 1.54) is 0 Å². The summed E-state index contributed by atoms with van der Waals surface area (Å²) in [4.78, 5) is 0. The molecule has 0 spiro atoms. The number of thioether (sulfide) groups is 1. The van der Waals surface area contributed by atoms with Gasteiger partial charge in [0, 0.05) is 24.1 Å². The number of hydrogen-bond donors (Lipinski definition) is 2. The Kier molecular flexibility index (Phi) is 8.12. The molecule has 0 bridgehead atoms. The van der Waals surface area contributed by atoms with Gasteiger partial charge in [-0.25, -0.2) is 0 Å². The summed E-state index contributed by atoms with van der Waals surface area (Å²) in [6.07, 6.45) is 5.13. The minimum Gasteiger partial charge on any atom is -0.327 e. The quantitative estimate of drug-likeness (QED) is 0.466. The van der Waals surface area contributed by atoms with Gasteiger partial charge >= 0.3 is 0 Å². The molecule has 3 heteroatoms. The molecule has 0 saturated heterocycles. The van der Waals surface area contributed by atoms with E-state index in [-0.39, 0.29) is 0 Å². The topological polar surface area (TPSA) is 52.0 Å². The van der Waals surface area contributed by atoms with Crippen molar-refractivity contribution < 1.29 is 0 Å². The molecule has 4 N–H and O–H groups in total. The Morgan fingerprint density at radius 2 is 2.18 bits per heavy atom. The van der Waals surface area contributed by atoms with Crippen molar-refractivity contribution in [2.24, 2.45) is 11.5 Å². The van der Waals surface area contributed by atoms with Crippen LogP contribution < -0.4 is 11.5 Å². The van der Waals surface area contributed by atoms with E-state index >= 15 is 0 Å². The lowest BCUT2D eigenvalue weighted by molar-refractivity contribution is 0.725. The van der Waals surface area contributed by atoms with Gasteiger partial charge < -0.3 is 11.5 Å². The van der Waals surface area contributed by atoms with E-state index in [0.29, 0.717) is 12.6 Å². The molecular formula is C8H18N2S. The lowest BCUT2D eigenvalue weighted by Crippen LogP contribution is -2.21. The van der Waals surface area contributed by atoms with E-state index in [2.05, 4.69) is 13.0 Å². The van der Waals surface area contributed by atoms with Crippen LogP contribution in [0.5, 0.6) is 0 Å². The molecule has 0 saturated carbocycles. The third kappa shape index (κ3) is 7.91. The van der Waals surface area contributed by atoms with Crippen molar-refractivity contribution in [3.8, 4) is 0 Å². The summed E-state index contributed by atoms with van der Waals surface area (Å²) in [6.45, 7) is 2.75. The first kappa shape index (κ1) is 11.0. The molecular weight excluding hydrogens is 156 g/mol. The van der Waals surface area contributed by atoms with E-state index in [9.17, 15) is 0 Å². The fourth-order valence-corrected chi connectivity index (χ4v) is 1.52. The van der Waals surface area contributed by atoms with Crippen molar-refractivity contribution in [3.63, 3.8) is 0 Å². The monoisotopic (exact) mass is 174 g/mol. The lowest BCUT2D eigenvalue weighted by atomic mass is 10.3. The highest BCUT2D eigenvalue weighted by atomic mass is 32.2. The Morgan fingerprint density at radius 3 is 2.73 bits per heavy atom. The van der Waals surface area contributed by atoms with Gasteiger partial charge in [-0.2, -0.15) is 11.8 Å². The normalized spacial score (nSPS) is 14.1. The second-order valence-electron chi connectivity index (χ2n) is 2.41. The van der Waals surface area contributed by atoms with Gasteiger partial charge in [0.2, 0.25) is 0 Å². The van der Waals surface area contributed by atoms with Gasteiger partial charge in [-0.05, 0) is 6.42 Å². The molecule has 0 amide bonds. The van der Waals surface area contributed by atoms with Gasteiger partial charge in [-0.15, -0.1) is 0 Å². The van der Waals surface area contributed by atoms with Crippen LogP contribution >= 0.6 is 11.8 Å². The predicted molar refractivity (Wildman–Crippen MR) is 53.8 cm³/mol. The van der Waals surface area contributed by atoms with E-state index in [0.717, 1.165) is 17.9 Å². The second kappa shape index (κ2) is 8.11. The number of rotatable bonds is 6. The van der Waals surface area contributed by atoms with Crippen LogP contribution in [-0.2, 0) is 0 Å². The molecule has 2 nitrogen and oxygen atoms in total. The third-order valence-electron chi connectivity index (χ3n) is 1.37. The molecule has 0 radical (unpaired) electrons. The van der Waals surface area contributed by atoms with Crippen molar-refractivity contribution >= 4 is 11.8 Å². The van der Waals surface area contributed by atoms with E-state index in [4.69, 9.17) is 11.5 Å². The van der Waals surface area contributed by atoms with Gasteiger partial charge in [0.05, 0.1) is 0 Å². The highest BCUT2D eigenvalue weighted by molar-refractivity contribution is 7.99. The smallest absolute Gasteiger partial charge is 0.0127 e. The first-order chi connectivity index (χ1) is 5.31. The molecule has 0 heterocycles. The fourth-order valence-electron chi connectivity index (χ4n) is 0.570. The van der Waals surface area contributed by atoms with E-state index in [1.807, 2.05) is 17.8 Å². The molecule has 0 aromatic carbocycles. The molecule has 0 aliphatic rings. The van der Waals surface area contributed by atoms with Crippen LogP contribution in [0.25, 0.3) is 0 Å². The van der Waals surface area contributed by atoms with Crippen molar-refractivity contribution in [2.75, 3.05) is 18.1 Å². The molecule has 1 atom stereocenters. The number of nitrogens with two attached hydrogens (primary N) is 2. The Labute approximate surface area is 73.4 Å². The van der Waals surface area contributed by atoms with E-state index in [1.54, 1.807) is 0 Å². The van der Waals surface area contributed by atoms with Crippen molar-refractivity contribution in [2.45, 2.75) is 19.4 Å². The average Bonchev–Trinajstić information content (AvgIpc) is 2.04. The average molecular weight is 174 g/mol. The van der Waals surface area contributed by atoms with Gasteiger partial charge in [0.25, 0.3) is 0 Å². The summed E-state index contributed by atoms with van der Waals surface area (Å²) in [5.41, 5.74) is 11.0. The third-order valence-corrected chi connectivity index (χ3v) is 2.47. The van der Waals surface area contributed by atoms with Crippen LogP contribution in [0, 0.1) is 0 Å². The number of hydrogen-bond acceptors (Lipinski definition) is 3. The highest BCUT2D eigenvalue weighted by Crippen LogP contribution is 2.03. The van der Waals surface area contributed by atoms with Crippen LogP contribution in [0.3, 0.4) is 0 Å². The summed E-state index contributed by atoms with van der Waals surface area (Å²) in [6, 6.07) is 0.353. The Bertz CT molecular complexity index is 104. The standard InChI is InChI=1S/C8H18N2S/c1-2-8(10)7-11-6-4-3-5-9/h3-4,8H,2,5-7,9-10H2,1H3. The summed E-state index contributed by atoms with van der Waals surface area (Å²) in [5.74, 6) is 2.08. The zero-order chi connectivity index (χ0) is 8.53. The Morgan fingerprint density at radius 1 is 1.45 bits per heavy atom. The van der Waals surface area contributed by atoms with Crippen molar-refractivity contribution in [1.29, 1.82) is 0 Å². The summed E-state index contributed by atoms with van der Waals surface area (Å²) in [5, 5.41) is 0. The van der Waals surface area contributed by atoms with Crippen LogP contribution in [0.2, 0.25) is 0 Å². The van der Waals surface area contributed by atoms with Gasteiger partial charge in [-0.1, -0.05) is 19.1 Å². The van der Waals surface area contributed by atoms with Crippen LogP contribution in [0.4, 0.5) is 0 Å². The minimum absolute atomic E-state index is 0.353. The summed E-state index contributed by atoms with van der Waals surface area (Å²) < 4.78 is 0. The first-order valence-electron chi connectivity index (χ1n) is 3.99. The minimum atomic E-state index is 0.353. The zero-order valence-electron chi connectivity index (χ0n) is 7.12. The molecule has 11 heavy (non-hydrogen) atoms. The molecule has 1 unspecified atom stereocenters. The highest BCUT2D eigenvalue weighted by Gasteiger charge is 1.96. The zero-order valence-corrected chi connectivity index (χ0v) is 7.94. The van der Waals surface area contributed by atoms with E-state index < -0.39 is 0 Å². The molecule has 0 aromatic heterocycles. The maximum atomic E-state index is 5.72. The lowest BCUT2D eigenvalue weighted by Gasteiger charge is -2.05. The molecule has 0 fully saturated rings. The SMILES string of the molecule is CCC(N)CSCC=CCN. The molecule has 0 aliphatic heterocycles. The van der Waals surface area contributed by atoms with Crippen LogP contribution in [0.1, 0.15) is 13.3 Å². The van der Waals surface area contributed by atoms with Crippen LogP contribution in [0.15, 0.2) is 12.2 Å². The summed E-state index contributed by atoms with van der Waals surface area (Å²) >= 11 is 1.86. The maximum Gasteiger partial charge on any atom is 0.0127 e. The van der Waals surface area contributed by atoms with Gasteiger partial charge in [-0.3, -0.25) is 0 Å². The molecule has 66 valence electrons. The molecule has 0 rings (SSSR count). The van der Waals surface area contributed by atoms with Crippen molar-refractivity contribution in [3.05, 3.63) is 12.2 Å². The molecule has 0 aliphatic carbocycles. The van der Waals surface area contributed by atoms with Crippen molar-refractivity contribution in [1.82, 2.24) is 0 Å². The fraction of sp³-hybridized carbons (Fsp3) is 0.750. The Hall–Kier alpha value is 0.01000. The maximum absolute atomic E-state index is 5.72. The molecule has 0 aromatic rings. The van der Waals surface area contributed by atoms with Gasteiger partial charge in [0.1, 0.15) is 0 Å². The summed E-state index contributed by atoms with van der Waals surface area (Å²) in [7, 11) is 0.